The van der Waals surface area contributed by atoms with Gasteiger partial charge in [-0.3, -0.25) is 44.2 Å². The van der Waals surface area contributed by atoms with Crippen molar-refractivity contribution in [2.75, 3.05) is 126 Å². The number of ketones is 1. The second-order valence-electron chi connectivity index (χ2n) is 16.5. The number of rotatable bonds is 43. The Hall–Kier alpha value is -7.67. The zero-order chi connectivity index (χ0) is 58.9. The minimum atomic E-state index is -1.39. The molecule has 0 aromatic heterocycles. The maximum atomic E-state index is 12.2. The number of nitro groups is 2. The number of aliphatic hydroxyl groups excluding tert-OH is 1. The zero-order valence-electron chi connectivity index (χ0n) is 45.2. The van der Waals surface area contributed by atoms with E-state index in [4.69, 9.17) is 63.2 Å². The van der Waals surface area contributed by atoms with Crippen molar-refractivity contribution in [2.24, 2.45) is 10.2 Å². The minimum absolute atomic E-state index is 0.0137. The fourth-order valence-corrected chi connectivity index (χ4v) is 6.71. The van der Waals surface area contributed by atoms with E-state index in [1.807, 2.05) is 0 Å². The summed E-state index contributed by atoms with van der Waals surface area (Å²) in [6, 6.07) is 4.98. The molecule has 32 nitrogen and oxygen atoms in total. The fraction of sp³-hybridized carbons (Fsp3) is 0.646. The van der Waals surface area contributed by atoms with E-state index in [1.54, 1.807) is 0 Å². The third-order valence-electron chi connectivity index (χ3n) is 10.6. The van der Waals surface area contributed by atoms with Crippen LogP contribution in [-0.4, -0.2) is 176 Å². The maximum Gasteiger partial charge on any atom is 0.534 e. The number of ether oxygens (including phenoxy) is 11. The van der Waals surface area contributed by atoms with Crippen molar-refractivity contribution in [3.8, 4) is 23.0 Å². The Kier molecular flexibility index (Phi) is 35.4. The Morgan fingerprint density at radius 2 is 1.06 bits per heavy atom. The molecule has 1 heterocycles. The molecule has 1 aliphatic rings. The number of amides is 3. The van der Waals surface area contributed by atoms with Crippen molar-refractivity contribution in [3.63, 3.8) is 0 Å². The van der Waals surface area contributed by atoms with E-state index < -0.39 is 45.7 Å². The van der Waals surface area contributed by atoms with E-state index in [2.05, 4.69) is 30.2 Å². The van der Waals surface area contributed by atoms with Crippen LogP contribution in [-0.2, 0) is 57.2 Å². The second kappa shape index (κ2) is 41.4. The van der Waals surface area contributed by atoms with E-state index in [1.165, 1.54) is 46.3 Å². The molecule has 32 heteroatoms. The molecule has 3 amide bonds. The quantitative estimate of drug-likeness (QED) is 0.0112. The van der Waals surface area contributed by atoms with Gasteiger partial charge < -0.3 is 62.5 Å². The van der Waals surface area contributed by atoms with Crippen LogP contribution in [0, 0.1) is 20.2 Å². The van der Waals surface area contributed by atoms with Gasteiger partial charge in [-0.15, -0.1) is 0 Å². The molecule has 0 saturated carbocycles. The number of nitro benzene ring substituents is 2. The fourth-order valence-electron chi connectivity index (χ4n) is 6.71. The van der Waals surface area contributed by atoms with Crippen LogP contribution in [0.5, 0.6) is 23.0 Å². The topological polar surface area (TPSA) is 415 Å². The SMILES string of the molecule is COc1cc(C(C)O)c([N+](=O)[O-])cc1OCCCC(=O)NCCOCCOCCOCCN=[N+]=[N-].COc1cc(C(C)OC(=O)ON2C(=O)CCC2=O)c([N+](=O)[O-])cc1OCCCC(=O)CCCOCCOCCOCCN=[N+]=[N-]. The lowest BCUT2D eigenvalue weighted by Crippen LogP contribution is -2.32. The largest absolute Gasteiger partial charge is 0.534 e. The number of Topliss-reactive ketones (excluding diaryl/α,β-unsaturated/α-hetero) is 1. The number of azide groups is 2. The van der Waals surface area contributed by atoms with Crippen LogP contribution in [0.2, 0.25) is 0 Å². The average Bonchev–Trinajstić information content (AvgIpc) is 3.78. The molecule has 0 aliphatic carbocycles. The Morgan fingerprint density at radius 3 is 1.52 bits per heavy atom. The first-order chi connectivity index (χ1) is 38.6. The molecule has 1 fully saturated rings. The number of hydrogen-bond acceptors (Lipinski definition) is 24. The number of nitrogens with zero attached hydrogens (tertiary/aromatic N) is 9. The van der Waals surface area contributed by atoms with Gasteiger partial charge in [0.2, 0.25) is 5.91 Å². The molecular weight excluding hydrogens is 1070 g/mol. The number of methoxy groups -OCH3 is 2. The van der Waals surface area contributed by atoms with E-state index >= 15 is 0 Å². The number of aliphatic hydroxyl groups is 1. The molecule has 2 aromatic carbocycles. The zero-order valence-corrected chi connectivity index (χ0v) is 45.2. The molecule has 2 unspecified atom stereocenters. The lowest BCUT2D eigenvalue weighted by atomic mass is 10.1. The van der Waals surface area contributed by atoms with Crippen molar-refractivity contribution < 1.29 is 95.9 Å². The van der Waals surface area contributed by atoms with Gasteiger partial charge in [0.15, 0.2) is 23.0 Å². The summed E-state index contributed by atoms with van der Waals surface area (Å²) in [6.07, 6.45) is -1.79. The normalized spacial score (nSPS) is 12.4. The molecule has 0 bridgehead atoms. The number of imide groups is 1. The molecule has 80 heavy (non-hydrogen) atoms. The first-order valence-electron chi connectivity index (χ1n) is 25.2. The first kappa shape index (κ1) is 68.4. The smallest absolute Gasteiger partial charge is 0.493 e. The Labute approximate surface area is 459 Å². The molecular formula is C48H70N10O22. The molecule has 444 valence electrons. The summed E-state index contributed by atoms with van der Waals surface area (Å²) < 4.78 is 58.6. The number of nitrogens with one attached hydrogen (secondary N) is 1. The standard InChI is InChI=1S/C27H37N5O13.C21H33N5O9/c1-19(44-27(36)45-31-25(34)7-8-26(31)35)21-17-23(39-2)24(18-22(21)32(37)38)43-11-4-6-20(33)5-3-10-40-13-15-42-16-14-41-12-9-29-30-28;1-16(27)17-14-19(31-2)20(15-18(17)26(29)30)35-7-3-4-21(28)23-5-8-32-10-12-34-13-11-33-9-6-24-25-22/h17-19H,3-16H2,1-2H3;14-16,27H,3-13H2,1-2H3,(H,23,28). The molecule has 2 aromatic rings. The van der Waals surface area contributed by atoms with Crippen LogP contribution < -0.4 is 24.3 Å². The number of hydroxylamine groups is 2. The number of carbonyl (C=O) groups is 5. The predicted molar refractivity (Wildman–Crippen MR) is 277 cm³/mol. The highest BCUT2D eigenvalue weighted by Gasteiger charge is 2.35. The van der Waals surface area contributed by atoms with E-state index in [9.17, 15) is 49.3 Å². The Balaban J connectivity index is 0.000000565. The first-order valence-corrected chi connectivity index (χ1v) is 25.2. The van der Waals surface area contributed by atoms with Gasteiger partial charge in [0, 0.05) is 68.2 Å². The van der Waals surface area contributed by atoms with Gasteiger partial charge in [-0.25, -0.2) is 4.79 Å². The lowest BCUT2D eigenvalue weighted by Gasteiger charge is -2.18. The van der Waals surface area contributed by atoms with E-state index in [-0.39, 0.29) is 103 Å². The monoisotopic (exact) mass is 1140 g/mol. The average molecular weight is 1140 g/mol. The van der Waals surface area contributed by atoms with Crippen molar-refractivity contribution in [1.82, 2.24) is 10.4 Å². The number of carbonyl (C=O) groups excluding carboxylic acids is 5. The highest BCUT2D eigenvalue weighted by molar-refractivity contribution is 6.01. The summed E-state index contributed by atoms with van der Waals surface area (Å²) in [6.45, 7) is 8.45. The molecule has 1 saturated heterocycles. The summed E-state index contributed by atoms with van der Waals surface area (Å²) >= 11 is 0. The summed E-state index contributed by atoms with van der Waals surface area (Å²) in [5.74, 6) is -0.962. The predicted octanol–water partition coefficient (Wildman–Crippen LogP) is 6.04. The second-order valence-corrected chi connectivity index (χ2v) is 16.5. The van der Waals surface area contributed by atoms with Crippen LogP contribution in [0.15, 0.2) is 34.5 Å². The highest BCUT2D eigenvalue weighted by Crippen LogP contribution is 2.39. The number of benzene rings is 2. The van der Waals surface area contributed by atoms with Gasteiger partial charge in [-0.2, -0.15) is 0 Å². The van der Waals surface area contributed by atoms with Gasteiger partial charge in [-0.1, -0.05) is 15.3 Å². The highest BCUT2D eigenvalue weighted by atomic mass is 16.8. The molecule has 2 atom stereocenters. The lowest BCUT2D eigenvalue weighted by molar-refractivity contribution is -0.386. The van der Waals surface area contributed by atoms with Crippen molar-refractivity contribution in [2.45, 2.75) is 77.4 Å². The van der Waals surface area contributed by atoms with Gasteiger partial charge in [0.05, 0.1) is 139 Å². The van der Waals surface area contributed by atoms with Crippen molar-refractivity contribution in [3.05, 3.63) is 76.5 Å². The van der Waals surface area contributed by atoms with Crippen LogP contribution in [0.25, 0.3) is 20.9 Å². The molecule has 3 rings (SSSR count). The van der Waals surface area contributed by atoms with Crippen LogP contribution in [0.3, 0.4) is 0 Å². The summed E-state index contributed by atoms with van der Waals surface area (Å²) in [7, 11) is 2.72. The van der Waals surface area contributed by atoms with Crippen molar-refractivity contribution >= 4 is 41.0 Å². The van der Waals surface area contributed by atoms with Crippen LogP contribution >= 0.6 is 0 Å². The minimum Gasteiger partial charge on any atom is -0.493 e. The van der Waals surface area contributed by atoms with Crippen LogP contribution in [0.4, 0.5) is 16.2 Å². The van der Waals surface area contributed by atoms with E-state index in [0.29, 0.717) is 117 Å². The van der Waals surface area contributed by atoms with Gasteiger partial charge in [0.1, 0.15) is 11.9 Å². The Morgan fingerprint density at radius 1 is 0.637 bits per heavy atom. The van der Waals surface area contributed by atoms with Crippen molar-refractivity contribution in [1.29, 1.82) is 0 Å². The van der Waals surface area contributed by atoms with Gasteiger partial charge in [-0.05, 0) is 56.3 Å². The van der Waals surface area contributed by atoms with Gasteiger partial charge in [0.25, 0.3) is 23.2 Å². The summed E-state index contributed by atoms with van der Waals surface area (Å²) in [5, 5.41) is 42.5. The number of hydrogen-bond donors (Lipinski definition) is 2. The summed E-state index contributed by atoms with van der Waals surface area (Å²) in [5.41, 5.74) is 15.6. The molecule has 2 N–H and O–H groups in total. The Bertz CT molecular complexity index is 2350. The molecule has 0 spiro atoms. The summed E-state index contributed by atoms with van der Waals surface area (Å²) in [4.78, 5) is 91.2. The molecule has 1 aliphatic heterocycles. The molecule has 0 radical (unpaired) electrons. The maximum absolute atomic E-state index is 12.2. The third kappa shape index (κ3) is 28.3. The van der Waals surface area contributed by atoms with Crippen LogP contribution in [0.1, 0.15) is 88.5 Å². The van der Waals surface area contributed by atoms with Gasteiger partial charge >= 0.3 is 6.16 Å². The van der Waals surface area contributed by atoms with E-state index in [0.717, 1.165) is 6.07 Å². The third-order valence-corrected chi connectivity index (χ3v) is 10.6.